The highest BCUT2D eigenvalue weighted by molar-refractivity contribution is 5.94. The van der Waals surface area contributed by atoms with Gasteiger partial charge < -0.3 is 30.2 Å². The summed E-state index contributed by atoms with van der Waals surface area (Å²) in [6, 6.07) is 15.3. The number of amides is 4. The number of para-hydroxylation sites is 1. The van der Waals surface area contributed by atoms with Gasteiger partial charge in [-0.25, -0.2) is 4.79 Å². The van der Waals surface area contributed by atoms with Crippen molar-refractivity contribution >= 4 is 34.7 Å². The predicted molar refractivity (Wildman–Crippen MR) is 172 cm³/mol. The Morgan fingerprint density at radius 2 is 1.62 bits per heavy atom. The summed E-state index contributed by atoms with van der Waals surface area (Å²) in [5.41, 5.74) is 1.98. The minimum Gasteiger partial charge on any atom is -0.444 e. The standard InChI is InChI=1S/C35H45N5O5/c1-23(41)40-21-24-11-7-9-13-27(24)35(22-40)15-17-39(18-16-35)30(42)29(19-25-20-36-28-14-10-8-12-26(25)28)37-31(43)34(5,6)38-32(44)45-33(2,3)4/h7-14,20,29,36H,15-19,21-22H2,1-6H3,(H,37,43)(H,38,44)/t29-/m1/s1. The normalized spacial score (nSPS) is 17.0. The molecular weight excluding hydrogens is 570 g/mol. The molecule has 0 aliphatic carbocycles. The fraction of sp³-hybridized carbons (Fsp3) is 0.486. The van der Waals surface area contributed by atoms with E-state index in [0.717, 1.165) is 22.0 Å². The van der Waals surface area contributed by atoms with Crippen LogP contribution in [0.15, 0.2) is 54.7 Å². The van der Waals surface area contributed by atoms with Crippen LogP contribution >= 0.6 is 0 Å². The van der Waals surface area contributed by atoms with Crippen molar-refractivity contribution < 1.29 is 23.9 Å². The van der Waals surface area contributed by atoms with Gasteiger partial charge in [0.15, 0.2) is 0 Å². The van der Waals surface area contributed by atoms with Crippen molar-refractivity contribution in [3.05, 3.63) is 71.4 Å². The fourth-order valence-electron chi connectivity index (χ4n) is 6.59. The van der Waals surface area contributed by atoms with E-state index in [4.69, 9.17) is 4.74 Å². The third-order valence-corrected chi connectivity index (χ3v) is 9.00. The van der Waals surface area contributed by atoms with Crippen molar-refractivity contribution in [1.82, 2.24) is 25.4 Å². The van der Waals surface area contributed by atoms with Crippen LogP contribution in [0.5, 0.6) is 0 Å². The second-order valence-corrected chi connectivity index (χ2v) is 14.0. The largest absolute Gasteiger partial charge is 0.444 e. The Morgan fingerprint density at radius 3 is 2.31 bits per heavy atom. The average Bonchev–Trinajstić information content (AvgIpc) is 3.38. The number of hydrogen-bond donors (Lipinski definition) is 3. The van der Waals surface area contributed by atoms with E-state index in [1.807, 2.05) is 52.4 Å². The van der Waals surface area contributed by atoms with Crippen LogP contribution in [0.4, 0.5) is 4.79 Å². The molecule has 3 N–H and O–H groups in total. The number of hydrogen-bond acceptors (Lipinski definition) is 5. The smallest absolute Gasteiger partial charge is 0.408 e. The molecule has 3 aromatic rings. The van der Waals surface area contributed by atoms with Gasteiger partial charge in [0.2, 0.25) is 17.7 Å². The topological polar surface area (TPSA) is 124 Å². The van der Waals surface area contributed by atoms with E-state index in [2.05, 4.69) is 27.8 Å². The van der Waals surface area contributed by atoms with Crippen LogP contribution in [0.3, 0.4) is 0 Å². The summed E-state index contributed by atoms with van der Waals surface area (Å²) < 4.78 is 5.37. The molecule has 1 fully saturated rings. The minimum atomic E-state index is -1.34. The number of fused-ring (bicyclic) bond motifs is 3. The van der Waals surface area contributed by atoms with Crippen LogP contribution in [-0.2, 0) is 37.5 Å². The molecule has 3 heterocycles. The summed E-state index contributed by atoms with van der Waals surface area (Å²) in [5, 5.41) is 6.60. The van der Waals surface area contributed by atoms with Crippen molar-refractivity contribution in [3.63, 3.8) is 0 Å². The first kappa shape index (κ1) is 32.1. The molecule has 45 heavy (non-hydrogen) atoms. The van der Waals surface area contributed by atoms with Gasteiger partial charge in [-0.3, -0.25) is 14.4 Å². The van der Waals surface area contributed by atoms with Crippen LogP contribution in [0.1, 0.15) is 71.1 Å². The SMILES string of the molecule is CC(=O)N1Cc2ccccc2C2(CCN(C(=O)[C@@H](Cc3c[nH]c4ccccc34)NC(=O)C(C)(C)NC(=O)OC(C)(C)C)CC2)C1. The van der Waals surface area contributed by atoms with Crippen LogP contribution in [0.25, 0.3) is 10.9 Å². The molecule has 240 valence electrons. The first-order valence-electron chi connectivity index (χ1n) is 15.7. The molecule has 4 amide bonds. The Labute approximate surface area is 264 Å². The highest BCUT2D eigenvalue weighted by Crippen LogP contribution is 2.42. The first-order valence-corrected chi connectivity index (χ1v) is 15.7. The maximum absolute atomic E-state index is 14.2. The van der Waals surface area contributed by atoms with E-state index in [1.54, 1.807) is 41.5 Å². The number of carbonyl (C=O) groups is 4. The molecule has 1 atom stereocenters. The fourth-order valence-corrected chi connectivity index (χ4v) is 6.59. The number of aromatic amines is 1. The summed E-state index contributed by atoms with van der Waals surface area (Å²) in [6.45, 7) is 12.3. The lowest BCUT2D eigenvalue weighted by molar-refractivity contribution is -0.140. The molecule has 2 aliphatic heterocycles. The lowest BCUT2D eigenvalue weighted by atomic mass is 9.68. The Morgan fingerprint density at radius 1 is 0.956 bits per heavy atom. The van der Waals surface area contributed by atoms with Gasteiger partial charge in [-0.15, -0.1) is 0 Å². The number of aromatic nitrogens is 1. The van der Waals surface area contributed by atoms with E-state index in [0.29, 0.717) is 39.0 Å². The van der Waals surface area contributed by atoms with Gasteiger partial charge in [-0.05, 0) is 70.2 Å². The number of H-pyrrole nitrogens is 1. The number of carbonyl (C=O) groups excluding carboxylic acids is 4. The third-order valence-electron chi connectivity index (χ3n) is 9.00. The maximum atomic E-state index is 14.2. The van der Waals surface area contributed by atoms with Gasteiger partial charge in [-0.1, -0.05) is 42.5 Å². The zero-order valence-corrected chi connectivity index (χ0v) is 27.2. The van der Waals surface area contributed by atoms with Crippen molar-refractivity contribution in [2.24, 2.45) is 0 Å². The highest BCUT2D eigenvalue weighted by Gasteiger charge is 2.44. The Kier molecular flexibility index (Phi) is 8.70. The van der Waals surface area contributed by atoms with Gasteiger partial charge >= 0.3 is 6.09 Å². The van der Waals surface area contributed by atoms with E-state index in [1.165, 1.54) is 5.56 Å². The Hall–Kier alpha value is -4.34. The average molecular weight is 616 g/mol. The summed E-state index contributed by atoms with van der Waals surface area (Å²) >= 11 is 0. The number of benzene rings is 2. The number of nitrogens with one attached hydrogen (secondary N) is 3. The van der Waals surface area contributed by atoms with E-state index in [9.17, 15) is 19.2 Å². The Balaban J connectivity index is 1.36. The number of likely N-dealkylation sites (tertiary alicyclic amines) is 1. The van der Waals surface area contributed by atoms with Crippen molar-refractivity contribution in [1.29, 1.82) is 0 Å². The molecule has 1 saturated heterocycles. The quantitative estimate of drug-likeness (QED) is 0.379. The van der Waals surface area contributed by atoms with Crippen LogP contribution < -0.4 is 10.6 Å². The molecule has 0 unspecified atom stereocenters. The van der Waals surface area contributed by atoms with Gasteiger partial charge in [0.1, 0.15) is 17.2 Å². The molecule has 10 heteroatoms. The second kappa shape index (κ2) is 12.2. The van der Waals surface area contributed by atoms with Gasteiger partial charge in [0.05, 0.1) is 0 Å². The number of nitrogens with zero attached hydrogens (tertiary/aromatic N) is 2. The summed E-state index contributed by atoms with van der Waals surface area (Å²) in [7, 11) is 0. The van der Waals surface area contributed by atoms with Gasteiger partial charge in [0, 0.05) is 62.0 Å². The molecule has 10 nitrogen and oxygen atoms in total. The van der Waals surface area contributed by atoms with Crippen LogP contribution in [0, 0.1) is 0 Å². The lowest BCUT2D eigenvalue weighted by Crippen LogP contribution is -2.61. The van der Waals surface area contributed by atoms with E-state index < -0.39 is 29.2 Å². The number of piperidine rings is 1. The van der Waals surface area contributed by atoms with Gasteiger partial charge in [-0.2, -0.15) is 0 Å². The molecule has 0 radical (unpaired) electrons. The van der Waals surface area contributed by atoms with Gasteiger partial charge in [0.25, 0.3) is 0 Å². The molecule has 1 aromatic heterocycles. The van der Waals surface area contributed by atoms with Crippen molar-refractivity contribution in [2.45, 2.75) is 89.9 Å². The summed E-state index contributed by atoms with van der Waals surface area (Å²) in [4.78, 5) is 59.9. The minimum absolute atomic E-state index is 0.0477. The molecule has 0 bridgehead atoms. The van der Waals surface area contributed by atoms with Crippen LogP contribution in [-0.4, -0.2) is 75.4 Å². The second-order valence-electron chi connectivity index (χ2n) is 14.0. The summed E-state index contributed by atoms with van der Waals surface area (Å²) in [6.07, 6.45) is 2.86. The maximum Gasteiger partial charge on any atom is 0.408 e. The molecule has 1 spiro atoms. The van der Waals surface area contributed by atoms with Crippen LogP contribution in [0.2, 0.25) is 0 Å². The molecule has 2 aromatic carbocycles. The third kappa shape index (κ3) is 7.00. The van der Waals surface area contributed by atoms with Crippen molar-refractivity contribution in [2.75, 3.05) is 19.6 Å². The first-order chi connectivity index (χ1) is 21.2. The molecule has 5 rings (SSSR count). The van der Waals surface area contributed by atoms with E-state index >= 15 is 0 Å². The predicted octanol–water partition coefficient (Wildman–Crippen LogP) is 4.42. The zero-order chi connectivity index (χ0) is 32.6. The highest BCUT2D eigenvalue weighted by atomic mass is 16.6. The number of rotatable bonds is 6. The number of ether oxygens (including phenoxy) is 1. The van der Waals surface area contributed by atoms with Crippen molar-refractivity contribution in [3.8, 4) is 0 Å². The molecular formula is C35H45N5O5. The molecule has 0 saturated carbocycles. The lowest BCUT2D eigenvalue weighted by Gasteiger charge is -2.49. The van der Waals surface area contributed by atoms with E-state index in [-0.39, 0.29) is 23.7 Å². The monoisotopic (exact) mass is 615 g/mol. The molecule has 2 aliphatic rings. The Bertz CT molecular complexity index is 1590. The zero-order valence-electron chi connectivity index (χ0n) is 27.2. The summed E-state index contributed by atoms with van der Waals surface area (Å²) in [5.74, 6) is -0.617. The number of alkyl carbamates (subject to hydrolysis) is 1.